The van der Waals surface area contributed by atoms with E-state index in [0.717, 1.165) is 39.7 Å². The molecule has 2 heteroatoms. The fourth-order valence-corrected chi connectivity index (χ4v) is 7.70. The number of rotatable bonds is 8. The molecule has 0 aliphatic rings. The third-order valence-electron chi connectivity index (χ3n) is 10.3. The molecule has 0 aliphatic carbocycles. The molecule has 53 heavy (non-hydrogen) atoms. The maximum Gasteiger partial charge on any atom is 0.0569 e. The molecule has 0 saturated heterocycles. The molecule has 0 bridgehead atoms. The molecule has 0 unspecified atom stereocenters. The van der Waals surface area contributed by atoms with Crippen LogP contribution in [-0.4, -0.2) is 0 Å². The third-order valence-corrected chi connectivity index (χ3v) is 10.3. The van der Waals surface area contributed by atoms with E-state index in [9.17, 15) is 0 Å². The minimum absolute atomic E-state index is 0.933. The number of fused-ring (bicyclic) bond motifs is 4. The molecule has 0 atom stereocenters. The van der Waals surface area contributed by atoms with Crippen molar-refractivity contribution in [3.05, 3.63) is 218 Å². The lowest BCUT2D eigenvalue weighted by Crippen LogP contribution is -2.16. The summed E-state index contributed by atoms with van der Waals surface area (Å²) in [6, 6.07) is 71.7. The Bertz CT molecular complexity index is 2750. The van der Waals surface area contributed by atoms with Crippen molar-refractivity contribution in [3.8, 4) is 11.1 Å². The van der Waals surface area contributed by atoms with Crippen LogP contribution >= 0.6 is 0 Å². The van der Waals surface area contributed by atoms with Crippen LogP contribution in [0.5, 0.6) is 0 Å². The van der Waals surface area contributed by atoms with Crippen molar-refractivity contribution < 1.29 is 0 Å². The lowest BCUT2D eigenvalue weighted by atomic mass is 9.95. The van der Waals surface area contributed by atoms with Crippen LogP contribution in [0, 0.1) is 6.92 Å². The van der Waals surface area contributed by atoms with Gasteiger partial charge in [-0.25, -0.2) is 0 Å². The molecular weight excluding hydrogens is 641 g/mol. The Hall–Kier alpha value is -6.90. The summed E-state index contributed by atoms with van der Waals surface area (Å²) in [5.41, 5.74) is 11.1. The van der Waals surface area contributed by atoms with Gasteiger partial charge in [-0.15, -0.1) is 0 Å². The third kappa shape index (κ3) is 5.91. The highest BCUT2D eigenvalue weighted by atomic mass is 15.2. The molecule has 2 nitrogen and oxygen atoms in total. The van der Waals surface area contributed by atoms with Gasteiger partial charge in [-0.3, -0.25) is 0 Å². The summed E-state index contributed by atoms with van der Waals surface area (Å²) in [5.74, 6) is 0. The molecule has 0 aromatic heterocycles. The van der Waals surface area contributed by atoms with Gasteiger partial charge in [-0.2, -0.15) is 0 Å². The second kappa shape index (κ2) is 13.7. The van der Waals surface area contributed by atoms with Crippen molar-refractivity contribution in [3.63, 3.8) is 0 Å². The van der Waals surface area contributed by atoms with E-state index in [0.29, 0.717) is 0 Å². The van der Waals surface area contributed by atoms with Gasteiger partial charge in [0.25, 0.3) is 0 Å². The SMILES string of the molecule is C=C(c1ccccc1)N(c1ccccc1)c1c(C)ccc2c1ccc1c(N(c3ccccc3)c3cccc(-c4ccc5ccccc5c4)c3)cccc12. The zero-order valence-electron chi connectivity index (χ0n) is 29.7. The first-order chi connectivity index (χ1) is 26.1. The minimum atomic E-state index is 0.933. The monoisotopic (exact) mass is 678 g/mol. The van der Waals surface area contributed by atoms with Crippen LogP contribution in [0.1, 0.15) is 11.1 Å². The highest BCUT2D eigenvalue weighted by Crippen LogP contribution is 2.45. The van der Waals surface area contributed by atoms with Gasteiger partial charge in [-0.1, -0.05) is 158 Å². The predicted molar refractivity (Wildman–Crippen MR) is 228 cm³/mol. The molecule has 0 amide bonds. The zero-order valence-corrected chi connectivity index (χ0v) is 29.7. The summed E-state index contributed by atoms with van der Waals surface area (Å²) in [4.78, 5) is 4.71. The number of nitrogens with zero attached hydrogens (tertiary/aromatic N) is 2. The highest BCUT2D eigenvalue weighted by Gasteiger charge is 2.22. The van der Waals surface area contributed by atoms with Crippen LogP contribution in [0.25, 0.3) is 49.1 Å². The van der Waals surface area contributed by atoms with Crippen molar-refractivity contribution in [1.82, 2.24) is 0 Å². The smallest absolute Gasteiger partial charge is 0.0569 e. The Morgan fingerprint density at radius 1 is 0.415 bits per heavy atom. The summed E-state index contributed by atoms with van der Waals surface area (Å²) < 4.78 is 0. The molecule has 0 heterocycles. The van der Waals surface area contributed by atoms with E-state index in [4.69, 9.17) is 0 Å². The Kier molecular flexibility index (Phi) is 8.26. The fourth-order valence-electron chi connectivity index (χ4n) is 7.70. The van der Waals surface area contributed by atoms with E-state index < -0.39 is 0 Å². The van der Waals surface area contributed by atoms with Gasteiger partial charge in [0.05, 0.1) is 11.4 Å². The first kappa shape index (κ1) is 32.0. The van der Waals surface area contributed by atoms with Gasteiger partial charge >= 0.3 is 0 Å². The molecule has 0 radical (unpaired) electrons. The number of hydrogen-bond acceptors (Lipinski definition) is 2. The summed E-state index contributed by atoms with van der Waals surface area (Å²) in [5, 5.41) is 7.25. The fraction of sp³-hybridized carbons (Fsp3) is 0.0196. The summed E-state index contributed by atoms with van der Waals surface area (Å²) in [7, 11) is 0. The van der Waals surface area contributed by atoms with E-state index in [2.05, 4.69) is 223 Å². The molecule has 0 saturated carbocycles. The van der Waals surface area contributed by atoms with E-state index >= 15 is 0 Å². The Morgan fingerprint density at radius 3 is 1.77 bits per heavy atom. The zero-order chi connectivity index (χ0) is 35.7. The van der Waals surface area contributed by atoms with E-state index in [1.807, 2.05) is 0 Å². The summed E-state index contributed by atoms with van der Waals surface area (Å²) >= 11 is 0. The lowest BCUT2D eigenvalue weighted by molar-refractivity contribution is 1.28. The molecule has 9 aromatic rings. The number of hydrogen-bond donors (Lipinski definition) is 0. The molecule has 252 valence electrons. The first-order valence-electron chi connectivity index (χ1n) is 18.1. The van der Waals surface area contributed by atoms with Gasteiger partial charge < -0.3 is 9.80 Å². The number of anilines is 5. The lowest BCUT2D eigenvalue weighted by Gasteiger charge is -2.31. The standard InChI is InChI=1S/C51H38N2/c1-36-28-31-47-46-26-15-27-50(48(46)32-33-49(47)51(36)52(43-21-8-4-9-22-43)37(2)38-16-6-3-7-17-38)53(44-23-10-5-11-24-44)45-25-14-20-41(35-45)42-30-29-39-18-12-13-19-40(39)34-42/h3-35H,2H2,1H3. The number of benzene rings is 9. The average molecular weight is 679 g/mol. The van der Waals surface area contributed by atoms with Crippen LogP contribution < -0.4 is 9.80 Å². The largest absolute Gasteiger partial charge is 0.310 e. The topological polar surface area (TPSA) is 6.48 Å². The Labute approximate surface area is 311 Å². The highest BCUT2D eigenvalue weighted by molar-refractivity contribution is 6.17. The normalized spacial score (nSPS) is 11.2. The van der Waals surface area contributed by atoms with Crippen LogP contribution in [0.3, 0.4) is 0 Å². The van der Waals surface area contributed by atoms with Crippen molar-refractivity contribution in [2.24, 2.45) is 0 Å². The van der Waals surface area contributed by atoms with Gasteiger partial charge in [-0.05, 0) is 99.3 Å². The molecule has 9 rings (SSSR count). The van der Waals surface area contributed by atoms with Crippen LogP contribution in [0.15, 0.2) is 207 Å². The van der Waals surface area contributed by atoms with E-state index in [-0.39, 0.29) is 0 Å². The minimum Gasteiger partial charge on any atom is -0.310 e. The van der Waals surface area contributed by atoms with Crippen LogP contribution in [0.4, 0.5) is 28.4 Å². The number of aryl methyl sites for hydroxylation is 1. The van der Waals surface area contributed by atoms with Gasteiger partial charge in [0, 0.05) is 33.5 Å². The quantitative estimate of drug-likeness (QED) is 0.148. The maximum atomic E-state index is 4.66. The van der Waals surface area contributed by atoms with Gasteiger partial charge in [0.1, 0.15) is 0 Å². The molecule has 0 fully saturated rings. The number of para-hydroxylation sites is 2. The van der Waals surface area contributed by atoms with Crippen molar-refractivity contribution in [2.45, 2.75) is 6.92 Å². The van der Waals surface area contributed by atoms with Crippen molar-refractivity contribution in [2.75, 3.05) is 9.80 Å². The van der Waals surface area contributed by atoms with Gasteiger partial charge in [0.15, 0.2) is 0 Å². The second-order valence-electron chi connectivity index (χ2n) is 13.5. The van der Waals surface area contributed by atoms with Crippen LogP contribution in [0.2, 0.25) is 0 Å². The molecule has 0 N–H and O–H groups in total. The molecule has 9 aromatic carbocycles. The second-order valence-corrected chi connectivity index (χ2v) is 13.5. The van der Waals surface area contributed by atoms with E-state index in [1.165, 1.54) is 49.0 Å². The summed E-state index contributed by atoms with van der Waals surface area (Å²) in [6.45, 7) is 6.85. The van der Waals surface area contributed by atoms with Crippen molar-refractivity contribution in [1.29, 1.82) is 0 Å². The predicted octanol–water partition coefficient (Wildman–Crippen LogP) is 14.4. The van der Waals surface area contributed by atoms with E-state index in [1.54, 1.807) is 0 Å². The molecule has 0 aliphatic heterocycles. The Balaban J connectivity index is 1.23. The molecule has 0 spiro atoms. The average Bonchev–Trinajstić information content (AvgIpc) is 3.22. The summed E-state index contributed by atoms with van der Waals surface area (Å²) in [6.07, 6.45) is 0. The Morgan fingerprint density at radius 2 is 1.00 bits per heavy atom. The first-order valence-corrected chi connectivity index (χ1v) is 18.1. The van der Waals surface area contributed by atoms with Gasteiger partial charge in [0.2, 0.25) is 0 Å². The van der Waals surface area contributed by atoms with Crippen LogP contribution in [-0.2, 0) is 0 Å². The maximum absolute atomic E-state index is 4.66. The van der Waals surface area contributed by atoms with Crippen molar-refractivity contribution >= 4 is 66.5 Å². The molecular formula is C51H38N2.